The van der Waals surface area contributed by atoms with Crippen LogP contribution in [0.1, 0.15) is 22.8 Å². The van der Waals surface area contributed by atoms with E-state index in [0.717, 1.165) is 0 Å². The molecular formula is C24H20N2O4. The quantitative estimate of drug-likeness (QED) is 0.593. The summed E-state index contributed by atoms with van der Waals surface area (Å²) < 4.78 is 10.6. The summed E-state index contributed by atoms with van der Waals surface area (Å²) in [5.74, 6) is -0.390. The molecule has 6 nitrogen and oxygen atoms in total. The third-order valence-electron chi connectivity index (χ3n) is 4.27. The minimum absolute atomic E-state index is 0.286. The van der Waals surface area contributed by atoms with E-state index >= 15 is 0 Å². The monoisotopic (exact) mass is 400 g/mol. The first-order chi connectivity index (χ1) is 14.6. The van der Waals surface area contributed by atoms with Gasteiger partial charge in [-0.15, -0.1) is 0 Å². The highest BCUT2D eigenvalue weighted by Crippen LogP contribution is 2.27. The topological polar surface area (TPSA) is 88.4 Å². The molecule has 0 spiro atoms. The van der Waals surface area contributed by atoms with Gasteiger partial charge in [0, 0.05) is 11.3 Å². The van der Waals surface area contributed by atoms with Crippen molar-refractivity contribution in [2.75, 3.05) is 18.5 Å². The van der Waals surface area contributed by atoms with E-state index < -0.39 is 18.5 Å². The van der Waals surface area contributed by atoms with Crippen LogP contribution in [0.3, 0.4) is 0 Å². The van der Waals surface area contributed by atoms with Crippen LogP contribution >= 0.6 is 0 Å². The average molecular weight is 400 g/mol. The van der Waals surface area contributed by atoms with Gasteiger partial charge in [0.1, 0.15) is 5.75 Å². The Morgan fingerprint density at radius 1 is 0.933 bits per heavy atom. The number of benzene rings is 3. The summed E-state index contributed by atoms with van der Waals surface area (Å²) in [4.78, 5) is 24.8. The Kier molecular flexibility index (Phi) is 6.80. The van der Waals surface area contributed by atoms with E-state index in [1.165, 1.54) is 0 Å². The van der Waals surface area contributed by atoms with Crippen LogP contribution < -0.4 is 10.1 Å². The zero-order valence-corrected chi connectivity index (χ0v) is 16.4. The molecule has 3 rings (SSSR count). The first-order valence-corrected chi connectivity index (χ1v) is 9.40. The highest BCUT2D eigenvalue weighted by molar-refractivity contribution is 6.00. The largest absolute Gasteiger partial charge is 0.494 e. The van der Waals surface area contributed by atoms with Gasteiger partial charge >= 0.3 is 5.97 Å². The van der Waals surface area contributed by atoms with E-state index in [2.05, 4.69) is 11.4 Å². The maximum absolute atomic E-state index is 12.6. The van der Waals surface area contributed by atoms with Gasteiger partial charge in [-0.1, -0.05) is 36.4 Å². The van der Waals surface area contributed by atoms with Crippen molar-refractivity contribution < 1.29 is 19.1 Å². The van der Waals surface area contributed by atoms with Gasteiger partial charge in [0.15, 0.2) is 6.61 Å². The van der Waals surface area contributed by atoms with Crippen LogP contribution in [0, 0.1) is 11.3 Å². The summed E-state index contributed by atoms with van der Waals surface area (Å²) in [6, 6.07) is 22.9. The summed E-state index contributed by atoms with van der Waals surface area (Å²) in [6.45, 7) is 2.02. The lowest BCUT2D eigenvalue weighted by Gasteiger charge is -2.11. The van der Waals surface area contributed by atoms with Crippen molar-refractivity contribution in [1.82, 2.24) is 0 Å². The minimum Gasteiger partial charge on any atom is -0.494 e. The van der Waals surface area contributed by atoms with E-state index in [1.54, 1.807) is 72.8 Å². The average Bonchev–Trinajstić information content (AvgIpc) is 2.79. The summed E-state index contributed by atoms with van der Waals surface area (Å²) in [7, 11) is 0. The fourth-order valence-electron chi connectivity index (χ4n) is 2.92. The molecule has 0 aromatic heterocycles. The standard InChI is InChI=1S/C24H20N2O4/c1-2-29-19-13-11-18(12-14-19)26-23(27)16-30-24(28)22-10-6-5-9-21(22)20-8-4-3-7-17(20)15-25/h3-14H,2,16H2,1H3,(H,26,27). The van der Waals surface area contributed by atoms with Crippen LogP contribution in [-0.2, 0) is 9.53 Å². The fraction of sp³-hybridized carbons (Fsp3) is 0.125. The molecule has 0 bridgehead atoms. The minimum atomic E-state index is -0.639. The second-order valence-corrected chi connectivity index (χ2v) is 6.28. The molecule has 6 heteroatoms. The number of amides is 1. The number of carbonyl (C=O) groups excluding carboxylic acids is 2. The van der Waals surface area contributed by atoms with E-state index in [-0.39, 0.29) is 5.56 Å². The highest BCUT2D eigenvalue weighted by Gasteiger charge is 2.17. The molecule has 150 valence electrons. The SMILES string of the molecule is CCOc1ccc(NC(=O)COC(=O)c2ccccc2-c2ccccc2C#N)cc1. The Hall–Kier alpha value is -4.11. The first-order valence-electron chi connectivity index (χ1n) is 9.40. The number of hydrogen-bond donors (Lipinski definition) is 1. The number of carbonyl (C=O) groups is 2. The van der Waals surface area contributed by atoms with E-state index in [4.69, 9.17) is 9.47 Å². The van der Waals surface area contributed by atoms with Gasteiger partial charge in [0.25, 0.3) is 5.91 Å². The Morgan fingerprint density at radius 3 is 2.30 bits per heavy atom. The van der Waals surface area contributed by atoms with Crippen LogP contribution in [0.2, 0.25) is 0 Å². The smallest absolute Gasteiger partial charge is 0.339 e. The van der Waals surface area contributed by atoms with Gasteiger partial charge in [0.2, 0.25) is 0 Å². The molecule has 0 atom stereocenters. The van der Waals surface area contributed by atoms with Gasteiger partial charge in [0.05, 0.1) is 23.8 Å². The Labute approximate surface area is 174 Å². The predicted molar refractivity (Wildman–Crippen MR) is 113 cm³/mol. The molecule has 30 heavy (non-hydrogen) atoms. The van der Waals surface area contributed by atoms with Crippen molar-refractivity contribution in [3.63, 3.8) is 0 Å². The second kappa shape index (κ2) is 9.89. The van der Waals surface area contributed by atoms with Crippen molar-refractivity contribution in [3.05, 3.63) is 83.9 Å². The van der Waals surface area contributed by atoms with Crippen molar-refractivity contribution in [1.29, 1.82) is 5.26 Å². The van der Waals surface area contributed by atoms with Crippen LogP contribution in [0.5, 0.6) is 5.75 Å². The Balaban J connectivity index is 1.67. The van der Waals surface area contributed by atoms with Crippen molar-refractivity contribution >= 4 is 17.6 Å². The molecule has 0 saturated carbocycles. The van der Waals surface area contributed by atoms with Gasteiger partial charge in [-0.3, -0.25) is 4.79 Å². The zero-order chi connectivity index (χ0) is 21.3. The highest BCUT2D eigenvalue weighted by atomic mass is 16.5. The van der Waals surface area contributed by atoms with Gasteiger partial charge in [-0.2, -0.15) is 5.26 Å². The molecule has 0 radical (unpaired) electrons. The van der Waals surface area contributed by atoms with Crippen molar-refractivity contribution in [2.45, 2.75) is 6.92 Å². The van der Waals surface area contributed by atoms with Crippen molar-refractivity contribution in [2.24, 2.45) is 0 Å². The van der Waals surface area contributed by atoms with Crippen molar-refractivity contribution in [3.8, 4) is 22.9 Å². The Morgan fingerprint density at radius 2 is 1.60 bits per heavy atom. The molecule has 3 aromatic rings. The van der Waals surface area contributed by atoms with Crippen LogP contribution in [0.4, 0.5) is 5.69 Å². The fourth-order valence-corrected chi connectivity index (χ4v) is 2.92. The summed E-state index contributed by atoms with van der Waals surface area (Å²) in [6.07, 6.45) is 0. The molecule has 3 aromatic carbocycles. The number of rotatable bonds is 7. The molecule has 1 amide bonds. The number of nitrogens with zero attached hydrogens (tertiary/aromatic N) is 1. The summed E-state index contributed by atoms with van der Waals surface area (Å²) in [5, 5.41) is 12.0. The van der Waals surface area contributed by atoms with E-state index in [9.17, 15) is 14.9 Å². The number of ether oxygens (including phenoxy) is 2. The predicted octanol–water partition coefficient (Wildman–Crippen LogP) is 4.42. The lowest BCUT2D eigenvalue weighted by atomic mass is 9.96. The molecule has 0 saturated heterocycles. The summed E-state index contributed by atoms with van der Waals surface area (Å²) in [5.41, 5.74) is 2.51. The third-order valence-corrected chi connectivity index (χ3v) is 4.27. The van der Waals surface area contributed by atoms with Crippen LogP contribution in [-0.4, -0.2) is 25.1 Å². The van der Waals surface area contributed by atoms with Gasteiger partial charge < -0.3 is 14.8 Å². The number of nitrogens with one attached hydrogen (secondary N) is 1. The molecule has 0 unspecified atom stereocenters. The number of hydrogen-bond acceptors (Lipinski definition) is 5. The first kappa shape index (κ1) is 20.6. The molecule has 1 N–H and O–H groups in total. The lowest BCUT2D eigenvalue weighted by Crippen LogP contribution is -2.21. The lowest BCUT2D eigenvalue weighted by molar-refractivity contribution is -0.119. The number of esters is 1. The van der Waals surface area contributed by atoms with E-state index in [0.29, 0.717) is 34.7 Å². The van der Waals surface area contributed by atoms with Crippen LogP contribution in [0.15, 0.2) is 72.8 Å². The molecule has 0 fully saturated rings. The maximum atomic E-state index is 12.6. The third kappa shape index (κ3) is 5.03. The Bertz CT molecular complexity index is 1080. The van der Waals surface area contributed by atoms with Crippen LogP contribution in [0.25, 0.3) is 11.1 Å². The molecule has 0 heterocycles. The molecule has 0 aliphatic carbocycles. The molecule has 0 aliphatic rings. The second-order valence-electron chi connectivity index (χ2n) is 6.28. The zero-order valence-electron chi connectivity index (χ0n) is 16.4. The van der Waals surface area contributed by atoms with Gasteiger partial charge in [-0.05, 0) is 48.9 Å². The van der Waals surface area contributed by atoms with E-state index in [1.807, 2.05) is 6.92 Å². The number of anilines is 1. The normalized spacial score (nSPS) is 10.0. The molecular weight excluding hydrogens is 380 g/mol. The number of nitriles is 1. The summed E-state index contributed by atoms with van der Waals surface area (Å²) >= 11 is 0. The molecule has 0 aliphatic heterocycles. The van der Waals surface area contributed by atoms with Gasteiger partial charge in [-0.25, -0.2) is 4.79 Å². The maximum Gasteiger partial charge on any atom is 0.339 e.